The van der Waals surface area contributed by atoms with E-state index in [0.29, 0.717) is 51.6 Å². The second-order valence-corrected chi connectivity index (χ2v) is 6.59. The van der Waals surface area contributed by atoms with E-state index in [1.807, 2.05) is 0 Å². The molecule has 2 aromatic carbocycles. The Morgan fingerprint density at radius 1 is 1.03 bits per heavy atom. The second-order valence-electron chi connectivity index (χ2n) is 5.74. The van der Waals surface area contributed by atoms with E-state index in [9.17, 15) is 4.79 Å². The fourth-order valence-corrected chi connectivity index (χ4v) is 2.93. The lowest BCUT2D eigenvalue weighted by Crippen LogP contribution is -2.18. The molecule has 156 valence electrons. The number of ether oxygens (including phenoxy) is 4. The molecule has 0 radical (unpaired) electrons. The van der Waals surface area contributed by atoms with Crippen molar-refractivity contribution < 1.29 is 23.7 Å². The van der Waals surface area contributed by atoms with Crippen LogP contribution in [0.3, 0.4) is 0 Å². The summed E-state index contributed by atoms with van der Waals surface area (Å²) in [6.45, 7) is 0.335. The van der Waals surface area contributed by atoms with Gasteiger partial charge in [0.2, 0.25) is 11.7 Å². The predicted octanol–water partition coefficient (Wildman–Crippen LogP) is 4.33. The van der Waals surface area contributed by atoms with Crippen molar-refractivity contribution in [3.63, 3.8) is 0 Å². The summed E-state index contributed by atoms with van der Waals surface area (Å²) in [6, 6.07) is 8.45. The molecule has 29 heavy (non-hydrogen) atoms. The maximum absolute atomic E-state index is 11.9. The van der Waals surface area contributed by atoms with E-state index in [4.69, 9.17) is 42.1 Å². The van der Waals surface area contributed by atoms with Crippen molar-refractivity contribution in [1.82, 2.24) is 5.43 Å². The van der Waals surface area contributed by atoms with Gasteiger partial charge in [-0.2, -0.15) is 5.10 Å². The summed E-state index contributed by atoms with van der Waals surface area (Å²) in [5.74, 6) is 1.72. The Labute approximate surface area is 179 Å². The van der Waals surface area contributed by atoms with Crippen molar-refractivity contribution in [1.29, 1.82) is 0 Å². The van der Waals surface area contributed by atoms with Gasteiger partial charge in [0, 0.05) is 17.0 Å². The molecule has 0 aliphatic rings. The molecule has 7 nitrogen and oxygen atoms in total. The van der Waals surface area contributed by atoms with Crippen LogP contribution in [0, 0.1) is 0 Å². The monoisotopic (exact) mass is 440 g/mol. The number of nitrogens with one attached hydrogen (secondary N) is 1. The predicted molar refractivity (Wildman–Crippen MR) is 113 cm³/mol. The van der Waals surface area contributed by atoms with Crippen LogP contribution in [0.4, 0.5) is 0 Å². The summed E-state index contributed by atoms with van der Waals surface area (Å²) in [5, 5.41) is 4.92. The Balaban J connectivity index is 1.83. The standard InChI is InChI=1S/C20H22Cl2N2O5/c1-26-17-8-6-13(19(27-2)20(17)28-3)12-23-24-18(25)5-4-10-29-16-9-7-14(21)11-15(16)22/h6-9,11-12H,4-5,10H2,1-3H3,(H,24,25)/b23-12+. The maximum Gasteiger partial charge on any atom is 0.240 e. The number of methoxy groups -OCH3 is 3. The van der Waals surface area contributed by atoms with E-state index in [1.54, 1.807) is 30.3 Å². The first-order chi connectivity index (χ1) is 14.0. The molecule has 1 amide bonds. The Morgan fingerprint density at radius 2 is 1.76 bits per heavy atom. The lowest BCUT2D eigenvalue weighted by atomic mass is 10.2. The Kier molecular flexibility index (Phi) is 8.89. The van der Waals surface area contributed by atoms with Gasteiger partial charge in [-0.3, -0.25) is 4.79 Å². The van der Waals surface area contributed by atoms with Crippen LogP contribution in [0.1, 0.15) is 18.4 Å². The van der Waals surface area contributed by atoms with Gasteiger partial charge in [0.1, 0.15) is 5.75 Å². The zero-order chi connectivity index (χ0) is 21.2. The van der Waals surface area contributed by atoms with Gasteiger partial charge in [0.15, 0.2) is 11.5 Å². The van der Waals surface area contributed by atoms with Crippen molar-refractivity contribution >= 4 is 35.3 Å². The average molecular weight is 441 g/mol. The SMILES string of the molecule is COc1ccc(/C=N/NC(=O)CCCOc2ccc(Cl)cc2Cl)c(OC)c1OC. The van der Waals surface area contributed by atoms with Crippen molar-refractivity contribution in [2.45, 2.75) is 12.8 Å². The number of halogens is 2. The van der Waals surface area contributed by atoms with Crippen molar-refractivity contribution in [3.8, 4) is 23.0 Å². The molecular formula is C20H22Cl2N2O5. The third-order valence-electron chi connectivity index (χ3n) is 3.83. The average Bonchev–Trinajstić information content (AvgIpc) is 2.71. The zero-order valence-electron chi connectivity index (χ0n) is 16.3. The summed E-state index contributed by atoms with van der Waals surface area (Å²) in [6.07, 6.45) is 2.22. The van der Waals surface area contributed by atoms with Gasteiger partial charge in [-0.25, -0.2) is 5.43 Å². The molecule has 0 saturated heterocycles. The van der Waals surface area contributed by atoms with E-state index >= 15 is 0 Å². The van der Waals surface area contributed by atoms with Gasteiger partial charge in [-0.1, -0.05) is 23.2 Å². The van der Waals surface area contributed by atoms with E-state index < -0.39 is 0 Å². The molecule has 0 unspecified atom stereocenters. The number of carbonyl (C=O) groups excluding carboxylic acids is 1. The number of hydrogen-bond acceptors (Lipinski definition) is 6. The number of hydrazone groups is 1. The highest BCUT2D eigenvalue weighted by Gasteiger charge is 2.14. The third-order valence-corrected chi connectivity index (χ3v) is 4.36. The molecule has 2 aromatic rings. The Morgan fingerprint density at radius 3 is 2.41 bits per heavy atom. The normalized spacial score (nSPS) is 10.7. The van der Waals surface area contributed by atoms with Crippen LogP contribution in [-0.2, 0) is 4.79 Å². The van der Waals surface area contributed by atoms with Gasteiger partial charge in [0.05, 0.1) is 39.2 Å². The number of amides is 1. The Bertz CT molecular complexity index is 874. The highest BCUT2D eigenvalue weighted by Crippen LogP contribution is 2.38. The molecular weight excluding hydrogens is 419 g/mol. The Hall–Kier alpha value is -2.64. The second kappa shape index (κ2) is 11.4. The third kappa shape index (κ3) is 6.44. The highest BCUT2D eigenvalue weighted by molar-refractivity contribution is 6.35. The summed E-state index contributed by atoms with van der Waals surface area (Å²) in [5.41, 5.74) is 3.10. The first kappa shape index (κ1) is 22.6. The summed E-state index contributed by atoms with van der Waals surface area (Å²) < 4.78 is 21.4. The first-order valence-corrected chi connectivity index (χ1v) is 9.44. The lowest BCUT2D eigenvalue weighted by Gasteiger charge is -2.13. The molecule has 0 heterocycles. The van der Waals surface area contributed by atoms with Crippen LogP contribution in [0.25, 0.3) is 0 Å². The van der Waals surface area contributed by atoms with E-state index in [-0.39, 0.29) is 12.3 Å². The number of hydrogen-bond donors (Lipinski definition) is 1. The van der Waals surface area contributed by atoms with Crippen molar-refractivity contribution in [2.24, 2.45) is 5.10 Å². The van der Waals surface area contributed by atoms with Crippen LogP contribution < -0.4 is 24.4 Å². The largest absolute Gasteiger partial charge is 0.493 e. The quantitative estimate of drug-likeness (QED) is 0.338. The summed E-state index contributed by atoms with van der Waals surface area (Å²) in [4.78, 5) is 11.9. The minimum absolute atomic E-state index is 0.242. The fraction of sp³-hybridized carbons (Fsp3) is 0.300. The maximum atomic E-state index is 11.9. The lowest BCUT2D eigenvalue weighted by molar-refractivity contribution is -0.121. The molecule has 0 spiro atoms. The molecule has 2 rings (SSSR count). The minimum Gasteiger partial charge on any atom is -0.493 e. The molecule has 0 bridgehead atoms. The number of nitrogens with zero attached hydrogens (tertiary/aromatic N) is 1. The molecule has 0 atom stereocenters. The van der Waals surface area contributed by atoms with E-state index in [0.717, 1.165) is 0 Å². The number of carbonyl (C=O) groups is 1. The van der Waals surface area contributed by atoms with Gasteiger partial charge in [-0.05, 0) is 36.8 Å². The minimum atomic E-state index is -0.244. The van der Waals surface area contributed by atoms with Crippen molar-refractivity contribution in [3.05, 3.63) is 45.9 Å². The van der Waals surface area contributed by atoms with Crippen LogP contribution in [0.2, 0.25) is 10.0 Å². The van der Waals surface area contributed by atoms with Gasteiger partial charge in [0.25, 0.3) is 0 Å². The molecule has 0 fully saturated rings. The molecule has 0 aliphatic heterocycles. The molecule has 1 N–H and O–H groups in total. The van der Waals surface area contributed by atoms with Crippen molar-refractivity contribution in [2.75, 3.05) is 27.9 Å². The van der Waals surface area contributed by atoms with Gasteiger partial charge in [-0.15, -0.1) is 0 Å². The fourth-order valence-electron chi connectivity index (χ4n) is 2.46. The van der Waals surface area contributed by atoms with Crippen LogP contribution in [-0.4, -0.2) is 40.1 Å². The topological polar surface area (TPSA) is 78.4 Å². The van der Waals surface area contributed by atoms with E-state index in [1.165, 1.54) is 27.5 Å². The molecule has 0 aromatic heterocycles. The van der Waals surface area contributed by atoms with Gasteiger partial charge < -0.3 is 18.9 Å². The van der Waals surface area contributed by atoms with Crippen LogP contribution in [0.15, 0.2) is 35.4 Å². The highest BCUT2D eigenvalue weighted by atomic mass is 35.5. The molecule has 0 saturated carbocycles. The number of benzene rings is 2. The van der Waals surface area contributed by atoms with Gasteiger partial charge >= 0.3 is 0 Å². The van der Waals surface area contributed by atoms with Crippen LogP contribution in [0.5, 0.6) is 23.0 Å². The zero-order valence-corrected chi connectivity index (χ0v) is 17.8. The molecule has 9 heteroatoms. The van der Waals surface area contributed by atoms with Crippen LogP contribution >= 0.6 is 23.2 Å². The summed E-state index contributed by atoms with van der Waals surface area (Å²) >= 11 is 11.9. The molecule has 0 aliphatic carbocycles. The summed E-state index contributed by atoms with van der Waals surface area (Å²) in [7, 11) is 4.57. The number of rotatable bonds is 10. The van der Waals surface area contributed by atoms with E-state index in [2.05, 4.69) is 10.5 Å². The first-order valence-electron chi connectivity index (χ1n) is 8.68. The smallest absolute Gasteiger partial charge is 0.240 e.